The van der Waals surface area contributed by atoms with Crippen LogP contribution in [0.25, 0.3) is 0 Å². The number of nitrogens with one attached hydrogen (secondary N) is 1. The van der Waals surface area contributed by atoms with Crippen molar-refractivity contribution in [3.63, 3.8) is 0 Å². The lowest BCUT2D eigenvalue weighted by Gasteiger charge is -2.40. The topological polar surface area (TPSA) is 15.3 Å². The lowest BCUT2D eigenvalue weighted by atomic mass is 9.81. The van der Waals surface area contributed by atoms with E-state index >= 15 is 0 Å². The van der Waals surface area contributed by atoms with Gasteiger partial charge in [0.25, 0.3) is 0 Å². The molecule has 1 saturated carbocycles. The Kier molecular flexibility index (Phi) is 4.13. The highest BCUT2D eigenvalue weighted by Crippen LogP contribution is 2.32. The third-order valence-electron chi connectivity index (χ3n) is 4.60. The molecule has 104 valence electrons. The number of nitrogens with zero attached hydrogens (tertiary/aromatic N) is 1. The van der Waals surface area contributed by atoms with Crippen LogP contribution >= 0.6 is 15.9 Å². The highest BCUT2D eigenvalue weighted by molar-refractivity contribution is 9.10. The van der Waals surface area contributed by atoms with Crippen LogP contribution in [0, 0.1) is 0 Å². The summed E-state index contributed by atoms with van der Waals surface area (Å²) in [6.07, 6.45) is 8.14. The third-order valence-corrected chi connectivity index (χ3v) is 5.13. The maximum absolute atomic E-state index is 3.86. The van der Waals surface area contributed by atoms with Crippen molar-refractivity contribution in [2.75, 3.05) is 24.5 Å². The van der Waals surface area contributed by atoms with Crippen LogP contribution in [0.1, 0.15) is 38.5 Å². The fraction of sp³-hybridized carbons (Fsp3) is 0.625. The largest absolute Gasteiger partial charge is 0.370 e. The molecule has 1 aromatic rings. The zero-order valence-corrected chi connectivity index (χ0v) is 13.1. The second-order valence-electron chi connectivity index (χ2n) is 6.02. The van der Waals surface area contributed by atoms with Gasteiger partial charge in [-0.3, -0.25) is 0 Å². The SMILES string of the molecule is Brc1ccc(N2CCCNC3(CCCCC3)C2)cc1. The highest BCUT2D eigenvalue weighted by atomic mass is 79.9. The quantitative estimate of drug-likeness (QED) is 0.842. The number of anilines is 1. The van der Waals surface area contributed by atoms with E-state index in [1.807, 2.05) is 0 Å². The fourth-order valence-electron chi connectivity index (χ4n) is 3.56. The molecular formula is C16H23BrN2. The lowest BCUT2D eigenvalue weighted by Crippen LogP contribution is -2.52. The second kappa shape index (κ2) is 5.84. The highest BCUT2D eigenvalue weighted by Gasteiger charge is 2.34. The molecule has 1 N–H and O–H groups in total. The summed E-state index contributed by atoms with van der Waals surface area (Å²) in [5.74, 6) is 0. The summed E-state index contributed by atoms with van der Waals surface area (Å²) < 4.78 is 1.16. The van der Waals surface area contributed by atoms with Gasteiger partial charge in [0, 0.05) is 28.8 Å². The molecule has 2 aliphatic rings. The Morgan fingerprint density at radius 2 is 1.74 bits per heavy atom. The molecule has 0 bridgehead atoms. The van der Waals surface area contributed by atoms with Crippen LogP contribution in [0.5, 0.6) is 0 Å². The average Bonchev–Trinajstić information content (AvgIpc) is 2.64. The van der Waals surface area contributed by atoms with Crippen molar-refractivity contribution in [3.05, 3.63) is 28.7 Å². The minimum atomic E-state index is 0.377. The number of hydrogen-bond donors (Lipinski definition) is 1. The second-order valence-corrected chi connectivity index (χ2v) is 6.93. The minimum Gasteiger partial charge on any atom is -0.370 e. The third kappa shape index (κ3) is 3.14. The maximum Gasteiger partial charge on any atom is 0.0367 e. The standard InChI is InChI=1S/C16H23BrN2/c17-14-5-7-15(8-6-14)19-12-4-11-18-16(13-19)9-2-1-3-10-16/h5-8,18H,1-4,9-13H2. The van der Waals surface area contributed by atoms with Gasteiger partial charge in [0.05, 0.1) is 0 Å². The van der Waals surface area contributed by atoms with Crippen LogP contribution in [0.4, 0.5) is 5.69 Å². The van der Waals surface area contributed by atoms with E-state index in [2.05, 4.69) is 50.4 Å². The Labute approximate surface area is 124 Å². The van der Waals surface area contributed by atoms with Crippen molar-refractivity contribution in [1.29, 1.82) is 0 Å². The molecule has 3 rings (SSSR count). The van der Waals surface area contributed by atoms with Gasteiger partial charge in [-0.1, -0.05) is 35.2 Å². The van der Waals surface area contributed by atoms with E-state index in [4.69, 9.17) is 0 Å². The van der Waals surface area contributed by atoms with Gasteiger partial charge in [0.1, 0.15) is 0 Å². The number of rotatable bonds is 1. The molecule has 3 heteroatoms. The predicted octanol–water partition coefficient (Wildman–Crippen LogP) is 3.95. The minimum absolute atomic E-state index is 0.377. The number of benzene rings is 1. The molecule has 0 radical (unpaired) electrons. The van der Waals surface area contributed by atoms with Gasteiger partial charge in [0.2, 0.25) is 0 Å². The zero-order valence-electron chi connectivity index (χ0n) is 11.5. The molecular weight excluding hydrogens is 300 g/mol. The van der Waals surface area contributed by atoms with Crippen molar-refractivity contribution in [2.24, 2.45) is 0 Å². The van der Waals surface area contributed by atoms with Gasteiger partial charge in [0.15, 0.2) is 0 Å². The Balaban J connectivity index is 1.78. The van der Waals surface area contributed by atoms with Crippen LogP contribution in [-0.4, -0.2) is 25.2 Å². The smallest absolute Gasteiger partial charge is 0.0367 e. The van der Waals surface area contributed by atoms with E-state index in [1.165, 1.54) is 63.8 Å². The zero-order chi connectivity index (χ0) is 13.1. The van der Waals surface area contributed by atoms with E-state index in [0.29, 0.717) is 5.54 Å². The van der Waals surface area contributed by atoms with Gasteiger partial charge < -0.3 is 10.2 Å². The van der Waals surface area contributed by atoms with Crippen LogP contribution in [0.3, 0.4) is 0 Å². The molecule has 1 aliphatic heterocycles. The monoisotopic (exact) mass is 322 g/mol. The van der Waals surface area contributed by atoms with E-state index in [9.17, 15) is 0 Å². The van der Waals surface area contributed by atoms with Gasteiger partial charge >= 0.3 is 0 Å². The fourth-order valence-corrected chi connectivity index (χ4v) is 3.82. The van der Waals surface area contributed by atoms with Crippen molar-refractivity contribution in [1.82, 2.24) is 5.32 Å². The summed E-state index contributed by atoms with van der Waals surface area (Å²) in [4.78, 5) is 2.58. The van der Waals surface area contributed by atoms with Crippen molar-refractivity contribution >= 4 is 21.6 Å². The van der Waals surface area contributed by atoms with Crippen LogP contribution in [0.15, 0.2) is 28.7 Å². The molecule has 1 aromatic carbocycles. The van der Waals surface area contributed by atoms with E-state index in [1.54, 1.807) is 0 Å². The first-order valence-electron chi connectivity index (χ1n) is 7.53. The molecule has 0 aromatic heterocycles. The molecule has 1 saturated heterocycles. The molecule has 2 nitrogen and oxygen atoms in total. The van der Waals surface area contributed by atoms with Crippen LogP contribution in [-0.2, 0) is 0 Å². The van der Waals surface area contributed by atoms with Gasteiger partial charge in [-0.2, -0.15) is 0 Å². The van der Waals surface area contributed by atoms with Crippen LogP contribution < -0.4 is 10.2 Å². The summed E-state index contributed by atoms with van der Waals surface area (Å²) in [6.45, 7) is 3.53. The Morgan fingerprint density at radius 1 is 1.00 bits per heavy atom. The number of hydrogen-bond acceptors (Lipinski definition) is 2. The normalized spacial score (nSPS) is 23.3. The van der Waals surface area contributed by atoms with Crippen LogP contribution in [0.2, 0.25) is 0 Å². The molecule has 0 amide bonds. The first-order chi connectivity index (χ1) is 9.27. The van der Waals surface area contributed by atoms with E-state index in [0.717, 1.165) is 4.47 Å². The maximum atomic E-state index is 3.86. The van der Waals surface area contributed by atoms with E-state index < -0.39 is 0 Å². The predicted molar refractivity (Wildman–Crippen MR) is 84.8 cm³/mol. The number of halogens is 1. The average molecular weight is 323 g/mol. The molecule has 19 heavy (non-hydrogen) atoms. The Morgan fingerprint density at radius 3 is 2.47 bits per heavy atom. The summed E-state index contributed by atoms with van der Waals surface area (Å²) in [5.41, 5.74) is 1.75. The summed E-state index contributed by atoms with van der Waals surface area (Å²) >= 11 is 3.52. The molecule has 1 aliphatic carbocycles. The summed E-state index contributed by atoms with van der Waals surface area (Å²) in [6, 6.07) is 8.79. The molecule has 1 heterocycles. The first-order valence-corrected chi connectivity index (χ1v) is 8.32. The van der Waals surface area contributed by atoms with Gasteiger partial charge in [-0.25, -0.2) is 0 Å². The summed E-state index contributed by atoms with van der Waals surface area (Å²) in [7, 11) is 0. The van der Waals surface area contributed by atoms with Crippen molar-refractivity contribution in [3.8, 4) is 0 Å². The summed E-state index contributed by atoms with van der Waals surface area (Å²) in [5, 5.41) is 3.86. The molecule has 1 spiro atoms. The van der Waals surface area contributed by atoms with Crippen molar-refractivity contribution in [2.45, 2.75) is 44.1 Å². The molecule has 2 fully saturated rings. The first kappa shape index (κ1) is 13.4. The van der Waals surface area contributed by atoms with Crippen molar-refractivity contribution < 1.29 is 0 Å². The molecule has 0 unspecified atom stereocenters. The van der Waals surface area contributed by atoms with E-state index in [-0.39, 0.29) is 0 Å². The lowest BCUT2D eigenvalue weighted by molar-refractivity contribution is 0.246. The molecule has 0 atom stereocenters. The Hall–Kier alpha value is -0.540. The van der Waals surface area contributed by atoms with Gasteiger partial charge in [-0.15, -0.1) is 0 Å². The van der Waals surface area contributed by atoms with Gasteiger partial charge in [-0.05, 0) is 50.1 Å². The Bertz CT molecular complexity index is 409.